The molecule has 0 radical (unpaired) electrons. The highest BCUT2D eigenvalue weighted by Gasteiger charge is 2.24. The van der Waals surface area contributed by atoms with Crippen LogP contribution in [0.15, 0.2) is 30.3 Å². The molecule has 2 rings (SSSR count). The van der Waals surface area contributed by atoms with Crippen molar-refractivity contribution in [1.82, 2.24) is 0 Å². The Kier molecular flexibility index (Phi) is 7.35. The van der Waals surface area contributed by atoms with E-state index in [1.165, 1.54) is 29.7 Å². The first-order valence-electron chi connectivity index (χ1n) is 10.2. The third-order valence-corrected chi connectivity index (χ3v) is 5.26. The maximum atomic E-state index is 13.6. The van der Waals surface area contributed by atoms with E-state index in [-0.39, 0.29) is 17.5 Å². The minimum absolute atomic E-state index is 0.0880. The van der Waals surface area contributed by atoms with Gasteiger partial charge in [-0.15, -0.1) is 0 Å². The second-order valence-electron chi connectivity index (χ2n) is 8.11. The SMILES string of the molecule is CCCCCc1c(C(C)C)cc(C(C)C)c(C(C)=O)c1-c1ccc(F)cc1. The van der Waals surface area contributed by atoms with Crippen molar-refractivity contribution in [3.8, 4) is 11.1 Å². The molecule has 0 amide bonds. The highest BCUT2D eigenvalue weighted by Crippen LogP contribution is 2.39. The third kappa shape index (κ3) is 4.86. The summed E-state index contributed by atoms with van der Waals surface area (Å²) in [5, 5.41) is 0. The number of benzene rings is 2. The Labute approximate surface area is 164 Å². The summed E-state index contributed by atoms with van der Waals surface area (Å²) in [5.41, 5.74) is 6.46. The summed E-state index contributed by atoms with van der Waals surface area (Å²) in [6.45, 7) is 12.6. The van der Waals surface area contributed by atoms with Gasteiger partial charge in [-0.05, 0) is 71.6 Å². The van der Waals surface area contributed by atoms with Gasteiger partial charge in [0.05, 0.1) is 0 Å². The second kappa shape index (κ2) is 9.30. The van der Waals surface area contributed by atoms with Crippen LogP contribution in [-0.4, -0.2) is 5.78 Å². The molecule has 0 saturated carbocycles. The van der Waals surface area contributed by atoms with Crippen LogP contribution in [0.3, 0.4) is 0 Å². The number of unbranched alkanes of at least 4 members (excludes halogenated alkanes) is 2. The highest BCUT2D eigenvalue weighted by atomic mass is 19.1. The highest BCUT2D eigenvalue weighted by molar-refractivity contribution is 6.03. The van der Waals surface area contributed by atoms with Crippen molar-refractivity contribution in [1.29, 1.82) is 0 Å². The van der Waals surface area contributed by atoms with Gasteiger partial charge in [-0.1, -0.05) is 65.7 Å². The molecule has 0 atom stereocenters. The number of ketones is 1. The molecular weight excluding hydrogens is 335 g/mol. The van der Waals surface area contributed by atoms with E-state index in [0.29, 0.717) is 5.92 Å². The summed E-state index contributed by atoms with van der Waals surface area (Å²) < 4.78 is 13.6. The Bertz CT molecular complexity index is 785. The average molecular weight is 369 g/mol. The average Bonchev–Trinajstić information content (AvgIpc) is 2.61. The molecule has 27 heavy (non-hydrogen) atoms. The van der Waals surface area contributed by atoms with E-state index in [1.54, 1.807) is 6.92 Å². The quantitative estimate of drug-likeness (QED) is 0.345. The fraction of sp³-hybridized carbons (Fsp3) is 0.480. The number of Topliss-reactive ketones (excluding diaryl/α,β-unsaturated/α-hetero) is 1. The zero-order valence-corrected chi connectivity index (χ0v) is 17.7. The molecule has 0 aromatic heterocycles. The van der Waals surface area contributed by atoms with Crippen molar-refractivity contribution in [2.45, 2.75) is 79.1 Å². The number of halogens is 1. The predicted octanol–water partition coefficient (Wildman–Crippen LogP) is 7.67. The summed E-state index contributed by atoms with van der Waals surface area (Å²) >= 11 is 0. The molecule has 0 saturated heterocycles. The first-order chi connectivity index (χ1) is 12.8. The Hall–Kier alpha value is -1.96. The maximum absolute atomic E-state index is 13.6. The van der Waals surface area contributed by atoms with E-state index in [4.69, 9.17) is 0 Å². The van der Waals surface area contributed by atoms with Crippen LogP contribution < -0.4 is 0 Å². The molecule has 0 fully saturated rings. The Morgan fingerprint density at radius 1 is 0.963 bits per heavy atom. The van der Waals surface area contributed by atoms with Crippen LogP contribution in [0.4, 0.5) is 4.39 Å². The fourth-order valence-corrected chi connectivity index (χ4v) is 3.87. The van der Waals surface area contributed by atoms with E-state index < -0.39 is 0 Å². The van der Waals surface area contributed by atoms with E-state index in [1.807, 2.05) is 12.1 Å². The lowest BCUT2D eigenvalue weighted by atomic mass is 9.79. The monoisotopic (exact) mass is 368 g/mol. The van der Waals surface area contributed by atoms with Crippen molar-refractivity contribution in [2.24, 2.45) is 0 Å². The lowest BCUT2D eigenvalue weighted by Gasteiger charge is -2.25. The normalized spacial score (nSPS) is 11.4. The number of hydrogen-bond acceptors (Lipinski definition) is 1. The smallest absolute Gasteiger partial charge is 0.160 e. The minimum atomic E-state index is -0.250. The molecule has 0 heterocycles. The first-order valence-corrected chi connectivity index (χ1v) is 10.2. The topological polar surface area (TPSA) is 17.1 Å². The maximum Gasteiger partial charge on any atom is 0.160 e. The fourth-order valence-electron chi connectivity index (χ4n) is 3.87. The second-order valence-corrected chi connectivity index (χ2v) is 8.11. The summed E-state index contributed by atoms with van der Waals surface area (Å²) in [5.74, 6) is 0.467. The third-order valence-electron chi connectivity index (χ3n) is 5.26. The Balaban J connectivity index is 2.86. The number of carbonyl (C=O) groups excluding carboxylic acids is 1. The zero-order chi connectivity index (χ0) is 20.1. The van der Waals surface area contributed by atoms with Gasteiger partial charge in [0, 0.05) is 5.56 Å². The molecule has 2 aromatic rings. The van der Waals surface area contributed by atoms with E-state index in [9.17, 15) is 9.18 Å². The van der Waals surface area contributed by atoms with Gasteiger partial charge >= 0.3 is 0 Å². The summed E-state index contributed by atoms with van der Waals surface area (Å²) in [6.07, 6.45) is 4.38. The molecule has 0 bridgehead atoms. The molecule has 2 heteroatoms. The van der Waals surface area contributed by atoms with E-state index >= 15 is 0 Å². The van der Waals surface area contributed by atoms with Crippen LogP contribution in [0.5, 0.6) is 0 Å². The Morgan fingerprint density at radius 2 is 1.56 bits per heavy atom. The molecule has 0 aliphatic carbocycles. The van der Waals surface area contributed by atoms with Crippen molar-refractivity contribution in [3.63, 3.8) is 0 Å². The largest absolute Gasteiger partial charge is 0.294 e. The van der Waals surface area contributed by atoms with Crippen LogP contribution in [0.1, 0.15) is 99.7 Å². The molecule has 0 spiro atoms. The molecule has 0 N–H and O–H groups in total. The number of carbonyl (C=O) groups is 1. The predicted molar refractivity (Wildman–Crippen MR) is 113 cm³/mol. The van der Waals surface area contributed by atoms with Gasteiger partial charge in [-0.3, -0.25) is 4.79 Å². The van der Waals surface area contributed by atoms with Gasteiger partial charge < -0.3 is 0 Å². The van der Waals surface area contributed by atoms with Crippen LogP contribution in [0.2, 0.25) is 0 Å². The van der Waals surface area contributed by atoms with Gasteiger partial charge in [0.25, 0.3) is 0 Å². The Morgan fingerprint density at radius 3 is 2.04 bits per heavy atom. The van der Waals surface area contributed by atoms with E-state index in [2.05, 4.69) is 40.7 Å². The summed E-state index contributed by atoms with van der Waals surface area (Å²) in [7, 11) is 0. The van der Waals surface area contributed by atoms with Crippen molar-refractivity contribution in [2.75, 3.05) is 0 Å². The van der Waals surface area contributed by atoms with Gasteiger partial charge in [-0.2, -0.15) is 0 Å². The molecule has 0 unspecified atom stereocenters. The molecule has 0 aliphatic heterocycles. The van der Waals surface area contributed by atoms with Crippen LogP contribution in [-0.2, 0) is 6.42 Å². The zero-order valence-electron chi connectivity index (χ0n) is 17.7. The van der Waals surface area contributed by atoms with Gasteiger partial charge in [-0.25, -0.2) is 4.39 Å². The summed E-state index contributed by atoms with van der Waals surface area (Å²) in [6, 6.07) is 8.86. The first kappa shape index (κ1) is 21.3. The van der Waals surface area contributed by atoms with Crippen molar-refractivity contribution in [3.05, 3.63) is 58.4 Å². The molecule has 1 nitrogen and oxygen atoms in total. The van der Waals surface area contributed by atoms with Gasteiger partial charge in [0.1, 0.15) is 5.82 Å². The van der Waals surface area contributed by atoms with Crippen LogP contribution in [0, 0.1) is 5.82 Å². The molecule has 2 aromatic carbocycles. The number of hydrogen-bond donors (Lipinski definition) is 0. The lowest BCUT2D eigenvalue weighted by Crippen LogP contribution is -2.11. The van der Waals surface area contributed by atoms with Crippen LogP contribution in [0.25, 0.3) is 11.1 Å². The minimum Gasteiger partial charge on any atom is -0.294 e. The standard InChI is InChI=1S/C25H33FO/c1-7-8-9-10-21-22(16(2)3)15-23(17(4)5)24(18(6)27)25(21)19-11-13-20(26)14-12-19/h11-17H,7-10H2,1-6H3. The molecule has 146 valence electrons. The molecule has 0 aliphatic rings. The number of rotatable bonds is 8. The van der Waals surface area contributed by atoms with Crippen molar-refractivity contribution >= 4 is 5.78 Å². The molecular formula is C25H33FO. The lowest BCUT2D eigenvalue weighted by molar-refractivity contribution is 0.101. The van der Waals surface area contributed by atoms with Gasteiger partial charge in [0.15, 0.2) is 5.78 Å². The van der Waals surface area contributed by atoms with Gasteiger partial charge in [0.2, 0.25) is 0 Å². The van der Waals surface area contributed by atoms with Crippen molar-refractivity contribution < 1.29 is 9.18 Å². The van der Waals surface area contributed by atoms with Crippen LogP contribution >= 0.6 is 0 Å². The summed E-state index contributed by atoms with van der Waals surface area (Å²) in [4.78, 5) is 12.7. The van der Waals surface area contributed by atoms with E-state index in [0.717, 1.165) is 41.5 Å².